The normalized spacial score (nSPS) is 14.5. The largest absolute Gasteiger partial charge is 0.472 e. The van der Waals surface area contributed by atoms with Crippen LogP contribution in [0, 0.1) is 17.8 Å². The van der Waals surface area contributed by atoms with E-state index < -0.39 is 0 Å². The number of rotatable bonds is 3. The Kier molecular flexibility index (Phi) is 5.53. The second kappa shape index (κ2) is 8.20. The van der Waals surface area contributed by atoms with Crippen LogP contribution in [-0.2, 0) is 4.79 Å². The third-order valence-electron chi connectivity index (χ3n) is 4.28. The molecule has 1 N–H and O–H groups in total. The van der Waals surface area contributed by atoms with Crippen LogP contribution in [0.25, 0.3) is 0 Å². The Morgan fingerprint density at radius 2 is 1.92 bits per heavy atom. The first-order valence-electron chi connectivity index (χ1n) is 8.37. The van der Waals surface area contributed by atoms with Crippen molar-refractivity contribution in [3.8, 4) is 11.8 Å². The number of nitrogens with one attached hydrogen (secondary N) is 1. The molecule has 0 saturated carbocycles. The molecule has 1 aliphatic heterocycles. The van der Waals surface area contributed by atoms with Crippen molar-refractivity contribution in [1.29, 1.82) is 0 Å². The fourth-order valence-electron chi connectivity index (χ4n) is 2.86. The van der Waals surface area contributed by atoms with E-state index in [1.165, 1.54) is 12.5 Å². The van der Waals surface area contributed by atoms with Crippen LogP contribution < -0.4 is 5.32 Å². The Hall–Kier alpha value is -3.00. The minimum absolute atomic E-state index is 0.0118. The number of furan rings is 1. The van der Waals surface area contributed by atoms with Crippen LogP contribution in [0.4, 0.5) is 0 Å². The Morgan fingerprint density at radius 3 is 2.60 bits per heavy atom. The molecular formula is C20H20N2O3. The average molecular weight is 336 g/mol. The highest BCUT2D eigenvalue weighted by Crippen LogP contribution is 2.19. The summed E-state index contributed by atoms with van der Waals surface area (Å²) >= 11 is 0. The first-order chi connectivity index (χ1) is 12.2. The molecule has 0 radical (unpaired) electrons. The minimum Gasteiger partial charge on any atom is -0.472 e. The first-order valence-corrected chi connectivity index (χ1v) is 8.37. The van der Waals surface area contributed by atoms with E-state index >= 15 is 0 Å². The van der Waals surface area contributed by atoms with E-state index in [2.05, 4.69) is 17.2 Å². The minimum atomic E-state index is -0.0630. The van der Waals surface area contributed by atoms with Gasteiger partial charge in [0, 0.05) is 24.6 Å². The van der Waals surface area contributed by atoms with Gasteiger partial charge in [-0.15, -0.1) is 0 Å². The number of hydrogen-bond donors (Lipinski definition) is 1. The second-order valence-electron chi connectivity index (χ2n) is 5.96. The number of nitrogens with zero attached hydrogens (tertiary/aromatic N) is 1. The average Bonchev–Trinajstić information content (AvgIpc) is 3.20. The van der Waals surface area contributed by atoms with Crippen molar-refractivity contribution in [2.45, 2.75) is 12.8 Å². The fourth-order valence-corrected chi connectivity index (χ4v) is 2.86. The number of benzene rings is 1. The van der Waals surface area contributed by atoms with E-state index in [0.29, 0.717) is 38.0 Å². The highest BCUT2D eigenvalue weighted by atomic mass is 16.3. The van der Waals surface area contributed by atoms with Gasteiger partial charge in [-0.1, -0.05) is 30.0 Å². The van der Waals surface area contributed by atoms with Crippen molar-refractivity contribution < 1.29 is 14.0 Å². The van der Waals surface area contributed by atoms with Gasteiger partial charge in [0.2, 0.25) is 5.91 Å². The summed E-state index contributed by atoms with van der Waals surface area (Å²) in [4.78, 5) is 26.2. The van der Waals surface area contributed by atoms with E-state index in [-0.39, 0.29) is 17.7 Å². The van der Waals surface area contributed by atoms with E-state index in [1.54, 1.807) is 11.0 Å². The lowest BCUT2D eigenvalue weighted by Crippen LogP contribution is -2.43. The summed E-state index contributed by atoms with van der Waals surface area (Å²) in [6.45, 7) is 1.50. The van der Waals surface area contributed by atoms with Gasteiger partial charge in [0.25, 0.3) is 5.91 Å². The highest BCUT2D eigenvalue weighted by Gasteiger charge is 2.27. The summed E-state index contributed by atoms with van der Waals surface area (Å²) in [6, 6.07) is 11.3. The topological polar surface area (TPSA) is 62.6 Å². The van der Waals surface area contributed by atoms with Crippen molar-refractivity contribution in [3.63, 3.8) is 0 Å². The molecule has 1 saturated heterocycles. The molecule has 2 amide bonds. The molecule has 0 bridgehead atoms. The van der Waals surface area contributed by atoms with Crippen molar-refractivity contribution in [2.24, 2.45) is 5.92 Å². The molecule has 0 unspecified atom stereocenters. The molecule has 5 heteroatoms. The van der Waals surface area contributed by atoms with Crippen molar-refractivity contribution in [2.75, 3.05) is 19.6 Å². The molecule has 1 aromatic heterocycles. The molecule has 25 heavy (non-hydrogen) atoms. The lowest BCUT2D eigenvalue weighted by atomic mass is 9.95. The Bertz CT molecular complexity index is 764. The van der Waals surface area contributed by atoms with Crippen LogP contribution in [0.15, 0.2) is 53.3 Å². The van der Waals surface area contributed by atoms with Gasteiger partial charge in [0.15, 0.2) is 0 Å². The zero-order valence-electron chi connectivity index (χ0n) is 13.9. The number of hydrogen-bond acceptors (Lipinski definition) is 3. The van der Waals surface area contributed by atoms with E-state index in [1.807, 2.05) is 30.3 Å². The van der Waals surface area contributed by atoms with Gasteiger partial charge in [-0.2, -0.15) is 0 Å². The maximum absolute atomic E-state index is 12.2. The number of carbonyl (C=O) groups is 2. The zero-order valence-corrected chi connectivity index (χ0v) is 13.9. The van der Waals surface area contributed by atoms with Gasteiger partial charge in [0.1, 0.15) is 6.26 Å². The van der Waals surface area contributed by atoms with Gasteiger partial charge in [-0.25, -0.2) is 0 Å². The molecule has 1 fully saturated rings. The van der Waals surface area contributed by atoms with Crippen molar-refractivity contribution in [3.05, 3.63) is 60.1 Å². The molecule has 0 aliphatic carbocycles. The Morgan fingerprint density at radius 1 is 1.16 bits per heavy atom. The molecule has 5 nitrogen and oxygen atoms in total. The van der Waals surface area contributed by atoms with E-state index in [0.717, 1.165) is 5.56 Å². The molecular weight excluding hydrogens is 316 g/mol. The molecule has 1 aliphatic rings. The van der Waals surface area contributed by atoms with Crippen LogP contribution in [0.3, 0.4) is 0 Å². The maximum atomic E-state index is 12.2. The molecule has 3 rings (SSSR count). The zero-order chi connectivity index (χ0) is 17.5. The van der Waals surface area contributed by atoms with Crippen LogP contribution in [0.1, 0.15) is 28.8 Å². The number of amides is 2. The maximum Gasteiger partial charge on any atom is 0.257 e. The quantitative estimate of drug-likeness (QED) is 0.875. The summed E-state index contributed by atoms with van der Waals surface area (Å²) in [6.07, 6.45) is 4.28. The number of carbonyl (C=O) groups excluding carboxylic acids is 2. The summed E-state index contributed by atoms with van der Waals surface area (Å²) < 4.78 is 4.95. The first kappa shape index (κ1) is 16.8. The third-order valence-corrected chi connectivity index (χ3v) is 4.28. The molecule has 2 aromatic rings. The number of likely N-dealkylation sites (tertiary alicyclic amines) is 1. The van der Waals surface area contributed by atoms with Gasteiger partial charge < -0.3 is 14.6 Å². The predicted molar refractivity (Wildman–Crippen MR) is 93.7 cm³/mol. The molecule has 2 heterocycles. The van der Waals surface area contributed by atoms with E-state index in [4.69, 9.17) is 4.42 Å². The number of piperidine rings is 1. The van der Waals surface area contributed by atoms with Crippen LogP contribution >= 0.6 is 0 Å². The molecule has 0 atom stereocenters. The smallest absolute Gasteiger partial charge is 0.257 e. The summed E-state index contributed by atoms with van der Waals surface area (Å²) in [5, 5.41) is 2.86. The SMILES string of the molecule is O=C(NCC#Cc1ccccc1)C1CCN(C(=O)c2ccoc2)CC1. The second-order valence-corrected chi connectivity index (χ2v) is 5.96. The van der Waals surface area contributed by atoms with Gasteiger partial charge >= 0.3 is 0 Å². The van der Waals surface area contributed by atoms with Crippen LogP contribution in [-0.4, -0.2) is 36.3 Å². The van der Waals surface area contributed by atoms with Gasteiger partial charge in [0.05, 0.1) is 18.4 Å². The standard InChI is InChI=1S/C20H20N2O3/c23-19(21-11-4-7-16-5-2-1-3-6-16)17-8-12-22(13-9-17)20(24)18-10-14-25-15-18/h1-3,5-6,10,14-15,17H,8-9,11-13H2,(H,21,23). The lowest BCUT2D eigenvalue weighted by molar-refractivity contribution is -0.126. The highest BCUT2D eigenvalue weighted by molar-refractivity contribution is 5.94. The molecule has 0 spiro atoms. The Labute approximate surface area is 147 Å². The monoisotopic (exact) mass is 336 g/mol. The van der Waals surface area contributed by atoms with Crippen molar-refractivity contribution >= 4 is 11.8 Å². The van der Waals surface area contributed by atoms with Crippen LogP contribution in [0.2, 0.25) is 0 Å². The van der Waals surface area contributed by atoms with Crippen molar-refractivity contribution in [1.82, 2.24) is 10.2 Å². The third kappa shape index (κ3) is 4.51. The summed E-state index contributed by atoms with van der Waals surface area (Å²) in [5.74, 6) is 5.88. The molecule has 128 valence electrons. The van der Waals surface area contributed by atoms with Gasteiger partial charge in [-0.3, -0.25) is 9.59 Å². The summed E-state index contributed by atoms with van der Waals surface area (Å²) in [7, 11) is 0. The fraction of sp³-hybridized carbons (Fsp3) is 0.300. The van der Waals surface area contributed by atoms with Gasteiger partial charge in [-0.05, 0) is 31.0 Å². The Balaban J connectivity index is 1.43. The summed E-state index contributed by atoms with van der Waals surface area (Å²) in [5.41, 5.74) is 1.49. The van der Waals surface area contributed by atoms with E-state index in [9.17, 15) is 9.59 Å². The predicted octanol–water partition coefficient (Wildman–Crippen LogP) is 2.30. The van der Waals surface area contributed by atoms with Crippen LogP contribution in [0.5, 0.6) is 0 Å². The lowest BCUT2D eigenvalue weighted by Gasteiger charge is -2.30. The molecule has 1 aromatic carbocycles.